The first-order valence-corrected chi connectivity index (χ1v) is 9.64. The Morgan fingerprint density at radius 1 is 1.00 bits per heavy atom. The number of hydrogen-bond acceptors (Lipinski definition) is 6. The Morgan fingerprint density at radius 3 is 2.21 bits per heavy atom. The van der Waals surface area contributed by atoms with E-state index < -0.39 is 0 Å². The second-order valence-electron chi connectivity index (χ2n) is 6.73. The highest BCUT2D eigenvalue weighted by Crippen LogP contribution is 2.07. The molecule has 0 aromatic heterocycles. The lowest BCUT2D eigenvalue weighted by Crippen LogP contribution is -2.41. The van der Waals surface area contributed by atoms with Crippen LogP contribution in [0.2, 0.25) is 0 Å². The van der Waals surface area contributed by atoms with Crippen molar-refractivity contribution < 1.29 is 14.2 Å². The van der Waals surface area contributed by atoms with Gasteiger partial charge in [0.2, 0.25) is 0 Å². The quantitative estimate of drug-likeness (QED) is 0.433. The standard InChI is InChI=1S/C18H39N3O3/c1-3-17(2)16-20-6-10-22-12-14-24-15-13-23-11-9-21-7-4-18(19)5-8-21/h17-18,20H,3-16,19H2,1-2H3. The number of hydrogen-bond donors (Lipinski definition) is 2. The van der Waals surface area contributed by atoms with E-state index in [-0.39, 0.29) is 0 Å². The maximum atomic E-state index is 5.89. The zero-order chi connectivity index (χ0) is 17.5. The highest BCUT2D eigenvalue weighted by Gasteiger charge is 2.14. The summed E-state index contributed by atoms with van der Waals surface area (Å²) in [5, 5.41) is 3.39. The molecule has 1 heterocycles. The van der Waals surface area contributed by atoms with Crippen molar-refractivity contribution in [2.75, 3.05) is 72.4 Å². The zero-order valence-corrected chi connectivity index (χ0v) is 15.8. The molecule has 0 radical (unpaired) electrons. The van der Waals surface area contributed by atoms with Crippen LogP contribution in [-0.2, 0) is 14.2 Å². The minimum absolute atomic E-state index is 0.397. The van der Waals surface area contributed by atoms with E-state index in [0.29, 0.717) is 32.5 Å². The molecule has 0 aromatic carbocycles. The van der Waals surface area contributed by atoms with Gasteiger partial charge in [0.15, 0.2) is 0 Å². The predicted octanol–water partition coefficient (Wildman–Crippen LogP) is 1.10. The monoisotopic (exact) mass is 345 g/mol. The summed E-state index contributed by atoms with van der Waals surface area (Å²) in [6.07, 6.45) is 3.43. The lowest BCUT2D eigenvalue weighted by molar-refractivity contribution is 0.01000. The van der Waals surface area contributed by atoms with Gasteiger partial charge in [0.25, 0.3) is 0 Å². The fraction of sp³-hybridized carbons (Fsp3) is 1.00. The van der Waals surface area contributed by atoms with E-state index in [1.807, 2.05) is 0 Å². The molecule has 0 amide bonds. The largest absolute Gasteiger partial charge is 0.378 e. The van der Waals surface area contributed by atoms with Crippen LogP contribution in [-0.4, -0.2) is 83.3 Å². The van der Waals surface area contributed by atoms with Gasteiger partial charge in [-0.2, -0.15) is 0 Å². The van der Waals surface area contributed by atoms with Crippen LogP contribution in [0.3, 0.4) is 0 Å². The first-order chi connectivity index (χ1) is 11.7. The van der Waals surface area contributed by atoms with Gasteiger partial charge in [-0.25, -0.2) is 0 Å². The Morgan fingerprint density at radius 2 is 1.58 bits per heavy atom. The molecule has 1 atom stereocenters. The number of piperidine rings is 1. The van der Waals surface area contributed by atoms with Gasteiger partial charge in [0.1, 0.15) is 0 Å². The van der Waals surface area contributed by atoms with E-state index in [1.54, 1.807) is 0 Å². The topological polar surface area (TPSA) is 69.0 Å². The first kappa shape index (κ1) is 21.8. The molecule has 1 aliphatic heterocycles. The molecule has 0 aliphatic carbocycles. The number of nitrogens with two attached hydrogens (primary N) is 1. The Balaban J connectivity index is 1.72. The molecule has 144 valence electrons. The fourth-order valence-corrected chi connectivity index (χ4v) is 2.55. The van der Waals surface area contributed by atoms with E-state index in [0.717, 1.165) is 64.7 Å². The summed E-state index contributed by atoms with van der Waals surface area (Å²) in [6, 6.07) is 0.397. The molecule has 0 bridgehead atoms. The predicted molar refractivity (Wildman–Crippen MR) is 98.4 cm³/mol. The molecular weight excluding hydrogens is 306 g/mol. The molecular formula is C18H39N3O3. The van der Waals surface area contributed by atoms with E-state index in [2.05, 4.69) is 24.1 Å². The Hall–Kier alpha value is -0.240. The average Bonchev–Trinajstić information content (AvgIpc) is 2.60. The molecule has 6 heteroatoms. The number of nitrogens with zero attached hydrogens (tertiary/aromatic N) is 1. The summed E-state index contributed by atoms with van der Waals surface area (Å²) in [4.78, 5) is 2.42. The molecule has 0 spiro atoms. The van der Waals surface area contributed by atoms with E-state index in [9.17, 15) is 0 Å². The SMILES string of the molecule is CCC(C)CNCCOCCOCCOCCN1CCC(N)CC1. The Bertz CT molecular complexity index is 274. The molecule has 0 saturated carbocycles. The maximum Gasteiger partial charge on any atom is 0.0701 e. The summed E-state index contributed by atoms with van der Waals surface area (Å²) in [5.41, 5.74) is 5.89. The van der Waals surface area contributed by atoms with Crippen molar-refractivity contribution in [3.63, 3.8) is 0 Å². The molecule has 3 N–H and O–H groups in total. The van der Waals surface area contributed by atoms with Gasteiger partial charge in [0, 0.05) is 19.1 Å². The minimum Gasteiger partial charge on any atom is -0.378 e. The van der Waals surface area contributed by atoms with Crippen molar-refractivity contribution in [1.82, 2.24) is 10.2 Å². The van der Waals surface area contributed by atoms with Gasteiger partial charge in [-0.15, -0.1) is 0 Å². The van der Waals surface area contributed by atoms with E-state index in [4.69, 9.17) is 19.9 Å². The zero-order valence-electron chi connectivity index (χ0n) is 15.8. The second kappa shape index (κ2) is 15.0. The van der Waals surface area contributed by atoms with Gasteiger partial charge in [-0.1, -0.05) is 20.3 Å². The third-order valence-corrected chi connectivity index (χ3v) is 4.54. The summed E-state index contributed by atoms with van der Waals surface area (Å²) in [7, 11) is 0. The highest BCUT2D eigenvalue weighted by atomic mass is 16.5. The van der Waals surface area contributed by atoms with Crippen LogP contribution in [0.25, 0.3) is 0 Å². The van der Waals surface area contributed by atoms with E-state index in [1.165, 1.54) is 6.42 Å². The van der Waals surface area contributed by atoms with Crippen LogP contribution in [0, 0.1) is 5.92 Å². The van der Waals surface area contributed by atoms with Crippen LogP contribution in [0.4, 0.5) is 0 Å². The van der Waals surface area contributed by atoms with E-state index >= 15 is 0 Å². The minimum atomic E-state index is 0.397. The molecule has 1 aliphatic rings. The normalized spacial score (nSPS) is 18.1. The molecule has 1 fully saturated rings. The van der Waals surface area contributed by atoms with Crippen molar-refractivity contribution in [3.8, 4) is 0 Å². The Labute approximate surface area is 148 Å². The molecule has 0 aromatic rings. The number of ether oxygens (including phenoxy) is 3. The van der Waals surface area contributed by atoms with Gasteiger partial charge in [-0.3, -0.25) is 0 Å². The van der Waals surface area contributed by atoms with Gasteiger partial charge in [-0.05, 0) is 38.4 Å². The summed E-state index contributed by atoms with van der Waals surface area (Å²) in [5.74, 6) is 0.737. The molecule has 24 heavy (non-hydrogen) atoms. The second-order valence-corrected chi connectivity index (χ2v) is 6.73. The first-order valence-electron chi connectivity index (χ1n) is 9.64. The number of rotatable bonds is 15. The maximum absolute atomic E-state index is 5.89. The number of likely N-dealkylation sites (tertiary alicyclic amines) is 1. The lowest BCUT2D eigenvalue weighted by Gasteiger charge is -2.29. The van der Waals surface area contributed by atoms with Crippen molar-refractivity contribution >= 4 is 0 Å². The summed E-state index contributed by atoms with van der Waals surface area (Å²) in [6.45, 7) is 13.8. The van der Waals surface area contributed by atoms with Gasteiger partial charge in [0.05, 0.1) is 39.6 Å². The third-order valence-electron chi connectivity index (χ3n) is 4.54. The van der Waals surface area contributed by atoms with Crippen LogP contribution in [0.5, 0.6) is 0 Å². The van der Waals surface area contributed by atoms with Crippen LogP contribution < -0.4 is 11.1 Å². The van der Waals surface area contributed by atoms with Crippen molar-refractivity contribution in [2.45, 2.75) is 39.2 Å². The fourth-order valence-electron chi connectivity index (χ4n) is 2.55. The van der Waals surface area contributed by atoms with Crippen LogP contribution in [0.15, 0.2) is 0 Å². The lowest BCUT2D eigenvalue weighted by atomic mass is 10.1. The average molecular weight is 346 g/mol. The van der Waals surface area contributed by atoms with Crippen molar-refractivity contribution in [2.24, 2.45) is 11.7 Å². The smallest absolute Gasteiger partial charge is 0.0701 e. The third kappa shape index (κ3) is 12.2. The van der Waals surface area contributed by atoms with Crippen LogP contribution >= 0.6 is 0 Å². The number of nitrogens with one attached hydrogen (secondary N) is 1. The summed E-state index contributed by atoms with van der Waals surface area (Å²) >= 11 is 0. The molecule has 1 saturated heterocycles. The van der Waals surface area contributed by atoms with Crippen molar-refractivity contribution in [3.05, 3.63) is 0 Å². The van der Waals surface area contributed by atoms with Gasteiger partial charge < -0.3 is 30.2 Å². The van der Waals surface area contributed by atoms with Crippen LogP contribution in [0.1, 0.15) is 33.1 Å². The molecule has 6 nitrogen and oxygen atoms in total. The molecule has 1 unspecified atom stereocenters. The molecule has 1 rings (SSSR count). The summed E-state index contributed by atoms with van der Waals surface area (Å²) < 4.78 is 16.6. The van der Waals surface area contributed by atoms with Crippen molar-refractivity contribution in [1.29, 1.82) is 0 Å². The van der Waals surface area contributed by atoms with Gasteiger partial charge >= 0.3 is 0 Å². The Kier molecular flexibility index (Phi) is 13.7. The highest BCUT2D eigenvalue weighted by molar-refractivity contribution is 4.73.